The minimum Gasteiger partial charge on any atom is -0.460 e. The summed E-state index contributed by atoms with van der Waals surface area (Å²) in [5.74, 6) is 1.02. The molecule has 6 heteroatoms. The van der Waals surface area contributed by atoms with Gasteiger partial charge in [-0.05, 0) is 56.0 Å². The number of Topliss-reactive ketones (excluding diaryl/α,β-unsaturated/α-hetero) is 2. The van der Waals surface area contributed by atoms with E-state index >= 15 is 0 Å². The van der Waals surface area contributed by atoms with Crippen LogP contribution in [0.1, 0.15) is 50.2 Å². The van der Waals surface area contributed by atoms with Crippen molar-refractivity contribution in [3.05, 3.63) is 68.7 Å². The first-order valence-corrected chi connectivity index (χ1v) is 10.6. The minimum absolute atomic E-state index is 0.0983. The number of nitrogens with one attached hydrogen (secondary N) is 1. The molecule has 2 heterocycles. The highest BCUT2D eigenvalue weighted by Gasteiger charge is 2.41. The molecule has 0 spiro atoms. The van der Waals surface area contributed by atoms with Crippen LogP contribution in [0.3, 0.4) is 0 Å². The SMILES string of the molecule is O=C1CCCC2=C1C(c1ccc(-c3ccc(Cl)c(Cl)c3)o1)C1=C(CCCC1=O)N2. The van der Waals surface area contributed by atoms with Crippen LogP contribution in [0.2, 0.25) is 10.0 Å². The van der Waals surface area contributed by atoms with Crippen molar-refractivity contribution in [2.24, 2.45) is 0 Å². The van der Waals surface area contributed by atoms with Crippen LogP contribution in [-0.2, 0) is 9.59 Å². The fourth-order valence-corrected chi connectivity index (χ4v) is 4.88. The number of benzene rings is 1. The molecule has 0 bridgehead atoms. The van der Waals surface area contributed by atoms with Gasteiger partial charge in [-0.2, -0.15) is 0 Å². The van der Waals surface area contributed by atoms with E-state index in [1.54, 1.807) is 12.1 Å². The van der Waals surface area contributed by atoms with Gasteiger partial charge >= 0.3 is 0 Å². The standard InChI is InChI=1S/C23H19Cl2NO3/c24-13-8-7-12(11-14(13)25)19-9-10-20(29-19)23-21-15(3-1-5-17(21)27)26-16-4-2-6-18(28)22(16)23/h7-11,23,26H,1-6H2. The van der Waals surface area contributed by atoms with Gasteiger partial charge in [0.05, 0.1) is 16.0 Å². The van der Waals surface area contributed by atoms with E-state index in [4.69, 9.17) is 27.6 Å². The molecule has 0 saturated carbocycles. The van der Waals surface area contributed by atoms with Gasteiger partial charge in [-0.25, -0.2) is 0 Å². The van der Waals surface area contributed by atoms with Crippen LogP contribution in [0.4, 0.5) is 0 Å². The molecule has 3 aliphatic rings. The molecule has 1 aromatic heterocycles. The second-order valence-electron chi connectivity index (χ2n) is 7.73. The lowest BCUT2D eigenvalue weighted by Crippen LogP contribution is -2.36. The number of hydrogen-bond acceptors (Lipinski definition) is 4. The molecule has 1 aliphatic heterocycles. The highest BCUT2D eigenvalue weighted by molar-refractivity contribution is 6.42. The zero-order valence-corrected chi connectivity index (χ0v) is 17.2. The zero-order valence-electron chi connectivity index (χ0n) is 15.7. The van der Waals surface area contributed by atoms with E-state index < -0.39 is 5.92 Å². The largest absolute Gasteiger partial charge is 0.460 e. The molecule has 2 aliphatic carbocycles. The van der Waals surface area contributed by atoms with Crippen molar-refractivity contribution in [2.45, 2.75) is 44.4 Å². The van der Waals surface area contributed by atoms with Crippen LogP contribution in [0, 0.1) is 0 Å². The van der Waals surface area contributed by atoms with Crippen molar-refractivity contribution in [2.75, 3.05) is 0 Å². The van der Waals surface area contributed by atoms with Crippen molar-refractivity contribution in [1.29, 1.82) is 0 Å². The molecule has 2 aromatic rings. The van der Waals surface area contributed by atoms with Gasteiger partial charge in [0, 0.05) is 40.9 Å². The first kappa shape index (κ1) is 18.7. The average Bonchev–Trinajstić information content (AvgIpc) is 3.19. The van der Waals surface area contributed by atoms with Crippen molar-refractivity contribution < 1.29 is 14.0 Å². The molecular formula is C23H19Cl2NO3. The molecule has 5 rings (SSSR count). The third-order valence-electron chi connectivity index (χ3n) is 5.91. The normalized spacial score (nSPS) is 19.9. The molecule has 1 N–H and O–H groups in total. The molecule has 1 aromatic carbocycles. The van der Waals surface area contributed by atoms with Crippen molar-refractivity contribution >= 4 is 34.8 Å². The van der Waals surface area contributed by atoms with Gasteiger partial charge in [-0.15, -0.1) is 0 Å². The number of rotatable bonds is 2. The predicted octanol–water partition coefficient (Wildman–Crippen LogP) is 5.95. The van der Waals surface area contributed by atoms with Crippen molar-refractivity contribution in [1.82, 2.24) is 5.32 Å². The van der Waals surface area contributed by atoms with Gasteiger partial charge in [-0.1, -0.05) is 23.2 Å². The fraction of sp³-hybridized carbons (Fsp3) is 0.304. The first-order valence-electron chi connectivity index (χ1n) is 9.87. The summed E-state index contributed by atoms with van der Waals surface area (Å²) in [6.07, 6.45) is 4.33. The molecule has 29 heavy (non-hydrogen) atoms. The van der Waals surface area contributed by atoms with Gasteiger partial charge in [0.15, 0.2) is 11.6 Å². The van der Waals surface area contributed by atoms with Crippen LogP contribution in [0.15, 0.2) is 57.3 Å². The maximum absolute atomic E-state index is 12.8. The Morgan fingerprint density at radius 1 is 0.828 bits per heavy atom. The Balaban J connectivity index is 1.62. The molecule has 0 fully saturated rings. The zero-order chi connectivity index (χ0) is 20.1. The number of carbonyl (C=O) groups excluding carboxylic acids is 2. The number of carbonyl (C=O) groups is 2. The number of allylic oxidation sites excluding steroid dienone is 4. The first-order chi connectivity index (χ1) is 14.0. The van der Waals surface area contributed by atoms with E-state index in [1.165, 1.54) is 0 Å². The predicted molar refractivity (Wildman–Crippen MR) is 112 cm³/mol. The van der Waals surface area contributed by atoms with Crippen LogP contribution >= 0.6 is 23.2 Å². The maximum Gasteiger partial charge on any atom is 0.161 e. The lowest BCUT2D eigenvalue weighted by atomic mass is 9.73. The van der Waals surface area contributed by atoms with E-state index in [2.05, 4.69) is 5.32 Å². The summed E-state index contributed by atoms with van der Waals surface area (Å²) in [5.41, 5.74) is 4.09. The van der Waals surface area contributed by atoms with Crippen LogP contribution in [-0.4, -0.2) is 11.6 Å². The van der Waals surface area contributed by atoms with Crippen LogP contribution < -0.4 is 5.32 Å². The fourth-order valence-electron chi connectivity index (χ4n) is 4.58. The Morgan fingerprint density at radius 2 is 1.48 bits per heavy atom. The number of furan rings is 1. The quantitative estimate of drug-likeness (QED) is 0.642. The van der Waals surface area contributed by atoms with Gasteiger partial charge in [0.2, 0.25) is 0 Å². The second-order valence-corrected chi connectivity index (χ2v) is 8.54. The average molecular weight is 428 g/mol. The molecule has 0 atom stereocenters. The van der Waals surface area contributed by atoms with Gasteiger partial charge in [0.25, 0.3) is 0 Å². The van der Waals surface area contributed by atoms with E-state index in [0.717, 1.165) is 42.6 Å². The molecule has 0 radical (unpaired) electrons. The van der Waals surface area contributed by atoms with E-state index in [-0.39, 0.29) is 11.6 Å². The summed E-state index contributed by atoms with van der Waals surface area (Å²) in [4.78, 5) is 25.7. The van der Waals surface area contributed by atoms with Gasteiger partial charge in [0.1, 0.15) is 11.5 Å². The summed E-state index contributed by atoms with van der Waals surface area (Å²) in [5, 5.41) is 4.34. The minimum atomic E-state index is -0.432. The third-order valence-corrected chi connectivity index (χ3v) is 6.65. The number of halogens is 2. The Hall–Kier alpha value is -2.30. The smallest absolute Gasteiger partial charge is 0.161 e. The van der Waals surface area contributed by atoms with Crippen LogP contribution in [0.25, 0.3) is 11.3 Å². The van der Waals surface area contributed by atoms with Crippen molar-refractivity contribution in [3.63, 3.8) is 0 Å². The summed E-state index contributed by atoms with van der Waals surface area (Å²) in [6.45, 7) is 0. The highest BCUT2D eigenvalue weighted by Crippen LogP contribution is 2.46. The van der Waals surface area contributed by atoms with Gasteiger partial charge in [-0.3, -0.25) is 9.59 Å². The lowest BCUT2D eigenvalue weighted by Gasteiger charge is -2.36. The Kier molecular flexibility index (Phi) is 4.64. The highest BCUT2D eigenvalue weighted by atomic mass is 35.5. The lowest BCUT2D eigenvalue weighted by molar-refractivity contribution is -0.117. The monoisotopic (exact) mass is 427 g/mol. The van der Waals surface area contributed by atoms with E-state index in [1.807, 2.05) is 18.2 Å². The van der Waals surface area contributed by atoms with E-state index in [9.17, 15) is 9.59 Å². The molecule has 148 valence electrons. The topological polar surface area (TPSA) is 59.3 Å². The molecule has 0 amide bonds. The summed E-state index contributed by atoms with van der Waals surface area (Å²) >= 11 is 12.2. The summed E-state index contributed by atoms with van der Waals surface area (Å²) in [7, 11) is 0. The summed E-state index contributed by atoms with van der Waals surface area (Å²) in [6, 6.07) is 9.04. The maximum atomic E-state index is 12.8. The van der Waals surface area contributed by atoms with E-state index in [0.29, 0.717) is 45.6 Å². The third kappa shape index (κ3) is 3.15. The molecule has 0 saturated heterocycles. The molecule has 4 nitrogen and oxygen atoms in total. The van der Waals surface area contributed by atoms with Gasteiger partial charge < -0.3 is 9.73 Å². The molecular weight excluding hydrogens is 409 g/mol. The van der Waals surface area contributed by atoms with Crippen molar-refractivity contribution in [3.8, 4) is 11.3 Å². The number of ketones is 2. The van der Waals surface area contributed by atoms with Crippen LogP contribution in [0.5, 0.6) is 0 Å². The second kappa shape index (κ2) is 7.19. The number of dihydropyridines is 1. The Bertz CT molecular complexity index is 1070. The molecule has 0 unspecified atom stereocenters. The Morgan fingerprint density at radius 3 is 2.10 bits per heavy atom. The Labute approximate surface area is 178 Å². The number of hydrogen-bond donors (Lipinski definition) is 1. The summed E-state index contributed by atoms with van der Waals surface area (Å²) < 4.78 is 6.20.